The number of carbonyl (C=O) groups is 4. The zero-order valence-corrected chi connectivity index (χ0v) is 19.3. The molecule has 0 bridgehead atoms. The second kappa shape index (κ2) is 15.4. The van der Waals surface area contributed by atoms with E-state index < -0.39 is 23.8 Å². The van der Waals surface area contributed by atoms with Crippen LogP contribution in [0.4, 0.5) is 0 Å². The van der Waals surface area contributed by atoms with Crippen LogP contribution in [0.3, 0.4) is 0 Å². The van der Waals surface area contributed by atoms with Crippen LogP contribution in [0.1, 0.15) is 84.9 Å². The fraction of sp³-hybridized carbons (Fsp3) is 0.750. The molecule has 0 aromatic carbocycles. The summed E-state index contributed by atoms with van der Waals surface area (Å²) in [5.41, 5.74) is 0.280. The predicted molar refractivity (Wildman–Crippen MR) is 120 cm³/mol. The first kappa shape index (κ1) is 27.7. The Kier molecular flexibility index (Phi) is 13.3. The van der Waals surface area contributed by atoms with E-state index in [4.69, 9.17) is 10.2 Å². The van der Waals surface area contributed by atoms with E-state index in [2.05, 4.69) is 9.47 Å². The van der Waals surface area contributed by atoms with Crippen molar-refractivity contribution in [3.8, 4) is 0 Å². The molecule has 2 aliphatic rings. The van der Waals surface area contributed by atoms with Crippen molar-refractivity contribution in [1.29, 1.82) is 0 Å². The molecule has 8 heteroatoms. The lowest BCUT2D eigenvalue weighted by Gasteiger charge is -2.24. The molecule has 0 spiro atoms. The number of aliphatic carboxylic acids is 2. The number of methoxy groups -OCH3 is 2. The van der Waals surface area contributed by atoms with Gasteiger partial charge < -0.3 is 19.7 Å². The van der Waals surface area contributed by atoms with Gasteiger partial charge in [-0.1, -0.05) is 57.4 Å². The minimum Gasteiger partial charge on any atom is -0.481 e. The Labute approximate surface area is 191 Å². The molecule has 0 amide bonds. The van der Waals surface area contributed by atoms with E-state index in [0.29, 0.717) is 18.3 Å². The summed E-state index contributed by atoms with van der Waals surface area (Å²) in [6, 6.07) is 0. The highest BCUT2D eigenvalue weighted by Gasteiger charge is 2.27. The molecule has 0 saturated heterocycles. The smallest absolute Gasteiger partial charge is 0.334 e. The molecule has 0 aromatic rings. The van der Waals surface area contributed by atoms with Crippen LogP contribution in [-0.4, -0.2) is 48.3 Å². The van der Waals surface area contributed by atoms with Gasteiger partial charge in [0.05, 0.1) is 33.0 Å². The Morgan fingerprint density at radius 2 is 1.44 bits per heavy atom. The monoisotopic (exact) mass is 456 g/mol. The Bertz CT molecular complexity index is 649. The molecule has 32 heavy (non-hydrogen) atoms. The molecule has 0 radical (unpaired) electrons. The normalized spacial score (nSPS) is 18.6. The van der Waals surface area contributed by atoms with Crippen LogP contribution in [0.15, 0.2) is 11.6 Å². The Morgan fingerprint density at radius 1 is 0.875 bits per heavy atom. The predicted octanol–water partition coefficient (Wildman–Crippen LogP) is 4.61. The molecule has 1 unspecified atom stereocenters. The molecule has 2 aliphatic carbocycles. The summed E-state index contributed by atoms with van der Waals surface area (Å²) in [5, 5.41) is 17.5. The molecule has 2 fully saturated rings. The number of hydrogen-bond acceptors (Lipinski definition) is 6. The number of carbonyl (C=O) groups excluding carboxylic acids is 2. The highest BCUT2D eigenvalue weighted by Crippen LogP contribution is 2.30. The summed E-state index contributed by atoms with van der Waals surface area (Å²) in [6.45, 7) is 0. The first-order valence-electron chi connectivity index (χ1n) is 11.6. The fourth-order valence-corrected chi connectivity index (χ4v) is 4.54. The number of rotatable bonds is 9. The van der Waals surface area contributed by atoms with Crippen LogP contribution in [0.25, 0.3) is 0 Å². The Hall–Kier alpha value is -2.38. The summed E-state index contributed by atoms with van der Waals surface area (Å²) in [4.78, 5) is 44.1. The minimum absolute atomic E-state index is 0. The SMILES string of the molecule is COC(=O)/C(=C/C1CCCCC1)CC(=O)O.COC(=O)C(CC(=O)O)CC1CCCCC1.[HH]. The average molecular weight is 457 g/mol. The van der Waals surface area contributed by atoms with Crippen molar-refractivity contribution in [2.24, 2.45) is 17.8 Å². The van der Waals surface area contributed by atoms with Crippen molar-refractivity contribution < 1.29 is 40.3 Å². The maximum absolute atomic E-state index is 11.4. The maximum atomic E-state index is 11.4. The van der Waals surface area contributed by atoms with E-state index >= 15 is 0 Å². The number of allylic oxidation sites excluding steroid dienone is 1. The third-order valence-electron chi connectivity index (χ3n) is 6.17. The average Bonchev–Trinajstić information content (AvgIpc) is 2.78. The van der Waals surface area contributed by atoms with Crippen LogP contribution in [0.2, 0.25) is 0 Å². The van der Waals surface area contributed by atoms with Crippen molar-refractivity contribution in [2.45, 2.75) is 83.5 Å². The lowest BCUT2D eigenvalue weighted by molar-refractivity contribution is -0.151. The van der Waals surface area contributed by atoms with E-state index in [0.717, 1.165) is 38.5 Å². The lowest BCUT2D eigenvalue weighted by atomic mass is 9.82. The largest absolute Gasteiger partial charge is 0.481 e. The van der Waals surface area contributed by atoms with E-state index in [1.807, 2.05) is 0 Å². The third kappa shape index (κ3) is 11.3. The van der Waals surface area contributed by atoms with Crippen molar-refractivity contribution in [3.63, 3.8) is 0 Å². The van der Waals surface area contributed by atoms with Gasteiger partial charge in [0.1, 0.15) is 0 Å². The van der Waals surface area contributed by atoms with E-state index in [1.165, 1.54) is 39.9 Å². The number of esters is 2. The van der Waals surface area contributed by atoms with Crippen molar-refractivity contribution in [3.05, 3.63) is 11.6 Å². The van der Waals surface area contributed by atoms with Gasteiger partial charge in [-0.05, 0) is 31.1 Å². The summed E-state index contributed by atoms with van der Waals surface area (Å²) in [7, 11) is 2.59. The van der Waals surface area contributed by atoms with E-state index in [9.17, 15) is 19.2 Å². The van der Waals surface area contributed by atoms with Gasteiger partial charge in [0.15, 0.2) is 0 Å². The minimum atomic E-state index is -0.993. The molecular formula is C24H40O8. The van der Waals surface area contributed by atoms with Gasteiger partial charge in [-0.2, -0.15) is 0 Å². The van der Waals surface area contributed by atoms with Gasteiger partial charge in [0.25, 0.3) is 0 Å². The molecule has 184 valence electrons. The standard InChI is InChI=1S/C12H20O4.C12H18O4.H2/c2*1-16-12(15)10(8-11(13)14)7-9-5-3-2-4-6-9;/h9-10H,2-8H2,1H3,(H,13,14);7,9H,2-6,8H2,1H3,(H,13,14);1H/b;10-7+;. The quantitative estimate of drug-likeness (QED) is 0.380. The first-order chi connectivity index (χ1) is 15.3. The van der Waals surface area contributed by atoms with Gasteiger partial charge in [0.2, 0.25) is 0 Å². The Morgan fingerprint density at radius 3 is 1.91 bits per heavy atom. The van der Waals surface area contributed by atoms with E-state index in [1.54, 1.807) is 6.08 Å². The highest BCUT2D eigenvalue weighted by atomic mass is 16.5. The number of carboxylic acids is 2. The molecule has 2 rings (SSSR count). The van der Waals surface area contributed by atoms with Crippen molar-refractivity contribution in [2.75, 3.05) is 14.2 Å². The van der Waals surface area contributed by atoms with Crippen LogP contribution in [0.5, 0.6) is 0 Å². The lowest BCUT2D eigenvalue weighted by Crippen LogP contribution is -2.23. The zero-order chi connectivity index (χ0) is 23.9. The van der Waals surface area contributed by atoms with Crippen LogP contribution in [-0.2, 0) is 28.7 Å². The van der Waals surface area contributed by atoms with Gasteiger partial charge in [-0.25, -0.2) is 4.79 Å². The fourth-order valence-electron chi connectivity index (χ4n) is 4.54. The molecule has 0 aliphatic heterocycles. The highest BCUT2D eigenvalue weighted by molar-refractivity contribution is 5.93. The summed E-state index contributed by atoms with van der Waals surface area (Å²) in [6.07, 6.45) is 13.6. The molecule has 2 N–H and O–H groups in total. The third-order valence-corrected chi connectivity index (χ3v) is 6.17. The van der Waals surface area contributed by atoms with Crippen LogP contribution in [0, 0.1) is 17.8 Å². The van der Waals surface area contributed by atoms with Gasteiger partial charge >= 0.3 is 23.9 Å². The maximum Gasteiger partial charge on any atom is 0.334 e. The van der Waals surface area contributed by atoms with Crippen molar-refractivity contribution in [1.82, 2.24) is 0 Å². The molecule has 2 saturated carbocycles. The number of ether oxygens (including phenoxy) is 2. The van der Waals surface area contributed by atoms with Crippen LogP contribution < -0.4 is 0 Å². The number of hydrogen-bond donors (Lipinski definition) is 2. The second-order valence-electron chi connectivity index (χ2n) is 8.71. The molecule has 0 aromatic heterocycles. The molecule has 0 heterocycles. The van der Waals surface area contributed by atoms with E-state index in [-0.39, 0.29) is 25.8 Å². The van der Waals surface area contributed by atoms with Crippen molar-refractivity contribution >= 4 is 23.9 Å². The Balaban J connectivity index is 0.000000602. The number of carboxylic acid groups (broad SMARTS) is 2. The van der Waals surface area contributed by atoms with Gasteiger partial charge in [-0.15, -0.1) is 0 Å². The summed E-state index contributed by atoms with van der Waals surface area (Å²) in [5.74, 6) is -2.45. The topological polar surface area (TPSA) is 127 Å². The summed E-state index contributed by atoms with van der Waals surface area (Å²) >= 11 is 0. The van der Waals surface area contributed by atoms with Crippen LogP contribution >= 0.6 is 0 Å². The molecule has 8 nitrogen and oxygen atoms in total. The second-order valence-corrected chi connectivity index (χ2v) is 8.71. The first-order valence-corrected chi connectivity index (χ1v) is 11.6. The molecule has 1 atom stereocenters. The summed E-state index contributed by atoms with van der Waals surface area (Å²) < 4.78 is 9.24. The van der Waals surface area contributed by atoms with Gasteiger partial charge in [0, 0.05) is 7.00 Å². The zero-order valence-electron chi connectivity index (χ0n) is 19.3. The van der Waals surface area contributed by atoms with Gasteiger partial charge in [-0.3, -0.25) is 14.4 Å². The molecular weight excluding hydrogens is 416 g/mol.